The van der Waals surface area contributed by atoms with Crippen molar-refractivity contribution in [1.29, 1.82) is 5.26 Å². The SMILES string of the molecule is CC.CC1CNC(C2CC(F)C(C#CC#N)C(F)C2)NC1. The van der Waals surface area contributed by atoms with Crippen LogP contribution in [0.15, 0.2) is 0 Å². The van der Waals surface area contributed by atoms with Crippen LogP contribution in [0.4, 0.5) is 8.78 Å². The van der Waals surface area contributed by atoms with Gasteiger partial charge in [-0.05, 0) is 24.7 Å². The van der Waals surface area contributed by atoms with Crippen LogP contribution in [0, 0.1) is 40.9 Å². The molecule has 1 aliphatic carbocycles. The highest BCUT2D eigenvalue weighted by Gasteiger charge is 2.41. The lowest BCUT2D eigenvalue weighted by atomic mass is 9.77. The van der Waals surface area contributed by atoms with E-state index < -0.39 is 18.3 Å². The van der Waals surface area contributed by atoms with Gasteiger partial charge in [-0.2, -0.15) is 5.26 Å². The first-order chi connectivity index (χ1) is 10.1. The Balaban J connectivity index is 0.00000106. The van der Waals surface area contributed by atoms with E-state index in [1.54, 1.807) is 6.07 Å². The van der Waals surface area contributed by atoms with E-state index >= 15 is 0 Å². The molecule has 0 bridgehead atoms. The number of hydrogen-bond acceptors (Lipinski definition) is 3. The second kappa shape index (κ2) is 8.97. The number of alkyl halides is 2. The molecule has 1 aliphatic heterocycles. The van der Waals surface area contributed by atoms with Crippen molar-refractivity contribution < 1.29 is 8.78 Å². The molecule has 1 saturated heterocycles. The first kappa shape index (κ1) is 17.9. The van der Waals surface area contributed by atoms with E-state index in [0.29, 0.717) is 18.8 Å². The van der Waals surface area contributed by atoms with Crippen molar-refractivity contribution in [3.63, 3.8) is 0 Å². The van der Waals surface area contributed by atoms with Gasteiger partial charge in [0.05, 0.1) is 12.1 Å². The third-order valence-electron chi connectivity index (χ3n) is 3.97. The first-order valence-corrected chi connectivity index (χ1v) is 7.76. The molecule has 118 valence electrons. The fourth-order valence-corrected chi connectivity index (χ4v) is 2.90. The highest BCUT2D eigenvalue weighted by atomic mass is 19.1. The second-order valence-corrected chi connectivity index (χ2v) is 5.57. The van der Waals surface area contributed by atoms with Gasteiger partial charge < -0.3 is 10.6 Å². The molecule has 0 aromatic rings. The van der Waals surface area contributed by atoms with Crippen LogP contribution in [-0.2, 0) is 0 Å². The van der Waals surface area contributed by atoms with Crippen molar-refractivity contribution in [1.82, 2.24) is 10.6 Å². The predicted octanol–water partition coefficient (Wildman–Crippen LogP) is 2.40. The predicted molar refractivity (Wildman–Crippen MR) is 79.7 cm³/mol. The molecule has 0 radical (unpaired) electrons. The van der Waals surface area contributed by atoms with Gasteiger partial charge in [-0.3, -0.25) is 0 Å². The summed E-state index contributed by atoms with van der Waals surface area (Å²) in [5.74, 6) is 4.06. The minimum atomic E-state index is -1.29. The van der Waals surface area contributed by atoms with Gasteiger partial charge >= 0.3 is 0 Å². The van der Waals surface area contributed by atoms with Crippen molar-refractivity contribution in [3.05, 3.63) is 0 Å². The number of hydrogen-bond donors (Lipinski definition) is 2. The maximum absolute atomic E-state index is 14.0. The summed E-state index contributed by atoms with van der Waals surface area (Å²) in [6.07, 6.45) is -2.01. The number of halogens is 2. The summed E-state index contributed by atoms with van der Waals surface area (Å²) in [4.78, 5) is 0. The average molecular weight is 297 g/mol. The zero-order chi connectivity index (χ0) is 15.8. The zero-order valence-electron chi connectivity index (χ0n) is 13.0. The van der Waals surface area contributed by atoms with E-state index in [1.165, 1.54) is 0 Å². The van der Waals surface area contributed by atoms with Crippen LogP contribution in [-0.4, -0.2) is 31.6 Å². The average Bonchev–Trinajstić information content (AvgIpc) is 2.49. The van der Waals surface area contributed by atoms with E-state index in [1.807, 2.05) is 13.8 Å². The van der Waals surface area contributed by atoms with E-state index in [2.05, 4.69) is 29.4 Å². The molecule has 2 N–H and O–H groups in total. The van der Waals surface area contributed by atoms with Gasteiger partial charge in [0.25, 0.3) is 0 Å². The molecular weight excluding hydrogens is 272 g/mol. The summed E-state index contributed by atoms with van der Waals surface area (Å²) in [5.41, 5.74) is 0. The van der Waals surface area contributed by atoms with Crippen molar-refractivity contribution in [2.24, 2.45) is 17.8 Å². The van der Waals surface area contributed by atoms with Gasteiger partial charge in [0.15, 0.2) is 6.07 Å². The van der Waals surface area contributed by atoms with Crippen LogP contribution in [0.5, 0.6) is 0 Å². The summed E-state index contributed by atoms with van der Waals surface area (Å²) in [6, 6.07) is 1.62. The quantitative estimate of drug-likeness (QED) is 0.731. The largest absolute Gasteiger partial charge is 0.301 e. The Hall–Kier alpha value is -1.17. The van der Waals surface area contributed by atoms with Crippen molar-refractivity contribution >= 4 is 0 Å². The molecule has 2 atom stereocenters. The molecule has 2 unspecified atom stereocenters. The lowest BCUT2D eigenvalue weighted by Crippen LogP contribution is -2.57. The molecule has 1 saturated carbocycles. The Bertz CT molecular complexity index is 390. The lowest BCUT2D eigenvalue weighted by molar-refractivity contribution is 0.0483. The highest BCUT2D eigenvalue weighted by Crippen LogP contribution is 2.35. The van der Waals surface area contributed by atoms with E-state index in [0.717, 1.165) is 13.1 Å². The van der Waals surface area contributed by atoms with Gasteiger partial charge in [-0.1, -0.05) is 26.7 Å². The Kier molecular flexibility index (Phi) is 7.64. The number of nitriles is 1. The highest BCUT2D eigenvalue weighted by molar-refractivity contribution is 5.21. The van der Waals surface area contributed by atoms with Gasteiger partial charge in [0.1, 0.15) is 12.3 Å². The molecule has 2 aliphatic rings. The van der Waals surface area contributed by atoms with Crippen LogP contribution in [0.25, 0.3) is 0 Å². The van der Waals surface area contributed by atoms with Gasteiger partial charge in [0, 0.05) is 19.0 Å². The van der Waals surface area contributed by atoms with E-state index in [4.69, 9.17) is 5.26 Å². The molecule has 5 heteroatoms. The summed E-state index contributed by atoms with van der Waals surface area (Å²) >= 11 is 0. The van der Waals surface area contributed by atoms with Gasteiger partial charge in [0.2, 0.25) is 0 Å². The third kappa shape index (κ3) is 4.95. The fourth-order valence-electron chi connectivity index (χ4n) is 2.90. The summed E-state index contributed by atoms with van der Waals surface area (Å²) in [5, 5.41) is 15.0. The minimum absolute atomic E-state index is 0.0161. The van der Waals surface area contributed by atoms with Crippen molar-refractivity contribution in [3.8, 4) is 17.9 Å². The standard InChI is InChI=1S/C14H19F2N3.C2H6/c1-9-7-18-14(19-8-9)10-5-12(15)11(3-2-4-17)13(16)6-10;1-2/h9-14,18-19H,5-8H2,1H3;1-2H3. The van der Waals surface area contributed by atoms with Crippen LogP contribution in [0.3, 0.4) is 0 Å². The Labute approximate surface area is 126 Å². The Morgan fingerprint density at radius 2 is 1.57 bits per heavy atom. The number of nitrogens with zero attached hydrogens (tertiary/aromatic N) is 1. The minimum Gasteiger partial charge on any atom is -0.301 e. The van der Waals surface area contributed by atoms with Crippen molar-refractivity contribution in [2.75, 3.05) is 13.1 Å². The molecule has 0 spiro atoms. The maximum Gasteiger partial charge on any atom is 0.152 e. The van der Waals surface area contributed by atoms with Crippen LogP contribution < -0.4 is 10.6 Å². The second-order valence-electron chi connectivity index (χ2n) is 5.57. The summed E-state index contributed by atoms with van der Waals surface area (Å²) in [7, 11) is 0. The molecule has 0 amide bonds. The molecule has 2 fully saturated rings. The topological polar surface area (TPSA) is 47.9 Å². The smallest absolute Gasteiger partial charge is 0.152 e. The third-order valence-corrected chi connectivity index (χ3v) is 3.97. The summed E-state index contributed by atoms with van der Waals surface area (Å²) < 4.78 is 28.0. The first-order valence-electron chi connectivity index (χ1n) is 7.76. The summed E-state index contributed by atoms with van der Waals surface area (Å²) in [6.45, 7) is 7.87. The molecule has 1 heterocycles. The lowest BCUT2D eigenvalue weighted by Gasteiger charge is -2.40. The van der Waals surface area contributed by atoms with E-state index in [-0.39, 0.29) is 12.1 Å². The van der Waals surface area contributed by atoms with Crippen LogP contribution in [0.2, 0.25) is 0 Å². The number of nitrogens with one attached hydrogen (secondary N) is 2. The normalized spacial score (nSPS) is 39.0. The molecule has 3 nitrogen and oxygen atoms in total. The van der Waals surface area contributed by atoms with E-state index in [9.17, 15) is 8.78 Å². The number of rotatable bonds is 1. The van der Waals surface area contributed by atoms with Crippen LogP contribution in [0.1, 0.15) is 33.6 Å². The molecule has 0 aromatic heterocycles. The zero-order valence-corrected chi connectivity index (χ0v) is 13.0. The monoisotopic (exact) mass is 297 g/mol. The Morgan fingerprint density at radius 1 is 1.05 bits per heavy atom. The molecule has 2 rings (SSSR count). The molecular formula is C16H25F2N3. The van der Waals surface area contributed by atoms with Gasteiger partial charge in [-0.25, -0.2) is 8.78 Å². The molecule has 21 heavy (non-hydrogen) atoms. The maximum atomic E-state index is 14.0. The molecule has 0 aromatic carbocycles. The van der Waals surface area contributed by atoms with Gasteiger partial charge in [-0.15, -0.1) is 0 Å². The fraction of sp³-hybridized carbons (Fsp3) is 0.812. The Morgan fingerprint density at radius 3 is 2.05 bits per heavy atom. The van der Waals surface area contributed by atoms with Crippen molar-refractivity contribution in [2.45, 2.75) is 52.1 Å². The van der Waals surface area contributed by atoms with Crippen LogP contribution >= 0.6 is 0 Å².